The van der Waals surface area contributed by atoms with E-state index in [1.165, 1.54) is 19.3 Å². The van der Waals surface area contributed by atoms with Crippen LogP contribution < -0.4 is 0 Å². The van der Waals surface area contributed by atoms with Gasteiger partial charge in [-0.1, -0.05) is 40.0 Å². The number of rotatable bonds is 6. The van der Waals surface area contributed by atoms with Gasteiger partial charge in [0.15, 0.2) is 0 Å². The molecule has 0 radical (unpaired) electrons. The normalized spacial score (nSPS) is 23.5. The molecule has 2 heterocycles. The van der Waals surface area contributed by atoms with Gasteiger partial charge in [-0.3, -0.25) is 9.59 Å². The fourth-order valence-electron chi connectivity index (χ4n) is 3.61. The van der Waals surface area contributed by atoms with Crippen molar-refractivity contribution in [2.24, 2.45) is 5.41 Å². The second-order valence-electron chi connectivity index (χ2n) is 7.41. The highest BCUT2D eigenvalue weighted by molar-refractivity contribution is 5.95. The van der Waals surface area contributed by atoms with Gasteiger partial charge in [0.25, 0.3) is 0 Å². The van der Waals surface area contributed by atoms with E-state index in [4.69, 9.17) is 0 Å². The average Bonchev–Trinajstić information content (AvgIpc) is 2.44. The van der Waals surface area contributed by atoms with Crippen LogP contribution in [0.4, 0.5) is 0 Å². The molecule has 2 amide bonds. The Morgan fingerprint density at radius 1 is 1.19 bits per heavy atom. The Morgan fingerprint density at radius 2 is 1.95 bits per heavy atom. The van der Waals surface area contributed by atoms with Crippen molar-refractivity contribution >= 4 is 11.8 Å². The summed E-state index contributed by atoms with van der Waals surface area (Å²) in [7, 11) is 0. The van der Waals surface area contributed by atoms with Crippen molar-refractivity contribution in [1.82, 2.24) is 9.80 Å². The predicted molar refractivity (Wildman–Crippen MR) is 83.9 cm³/mol. The van der Waals surface area contributed by atoms with E-state index in [9.17, 15) is 9.59 Å². The van der Waals surface area contributed by atoms with Crippen LogP contribution in [-0.4, -0.2) is 47.3 Å². The number of piperidine rings is 1. The van der Waals surface area contributed by atoms with Crippen LogP contribution in [0.25, 0.3) is 0 Å². The largest absolute Gasteiger partial charge is 0.331 e. The van der Waals surface area contributed by atoms with Crippen LogP contribution in [-0.2, 0) is 9.59 Å². The van der Waals surface area contributed by atoms with E-state index < -0.39 is 0 Å². The molecule has 4 nitrogen and oxygen atoms in total. The predicted octanol–water partition coefficient (Wildman–Crippen LogP) is 2.82. The molecule has 2 saturated heterocycles. The lowest BCUT2D eigenvalue weighted by atomic mass is 9.85. The van der Waals surface area contributed by atoms with Gasteiger partial charge < -0.3 is 9.80 Å². The Hall–Kier alpha value is -1.06. The average molecular weight is 294 g/mol. The molecule has 0 aliphatic carbocycles. The van der Waals surface area contributed by atoms with Crippen molar-refractivity contribution in [3.63, 3.8) is 0 Å². The smallest absolute Gasteiger partial charge is 0.245 e. The van der Waals surface area contributed by atoms with Crippen molar-refractivity contribution in [1.29, 1.82) is 0 Å². The van der Waals surface area contributed by atoms with E-state index in [1.807, 2.05) is 9.80 Å². The Kier molecular flexibility index (Phi) is 5.28. The van der Waals surface area contributed by atoms with Crippen LogP contribution in [0.3, 0.4) is 0 Å². The quantitative estimate of drug-likeness (QED) is 0.707. The third-order valence-electron chi connectivity index (χ3n) is 4.82. The maximum absolute atomic E-state index is 12.6. The first-order valence-corrected chi connectivity index (χ1v) is 8.53. The molecule has 2 rings (SSSR count). The number of carbonyl (C=O) groups excluding carboxylic acids is 2. The van der Waals surface area contributed by atoms with E-state index in [1.54, 1.807) is 0 Å². The molecular weight excluding hydrogens is 264 g/mol. The van der Waals surface area contributed by atoms with Crippen molar-refractivity contribution in [3.05, 3.63) is 0 Å². The minimum atomic E-state index is -0.175. The Labute approximate surface area is 128 Å². The number of unbranched alkanes of at least 4 members (excludes halogenated alkanes) is 2. The first-order valence-electron chi connectivity index (χ1n) is 8.53. The fraction of sp³-hybridized carbons (Fsp3) is 0.882. The Bertz CT molecular complexity index is 392. The van der Waals surface area contributed by atoms with Gasteiger partial charge in [-0.15, -0.1) is 0 Å². The monoisotopic (exact) mass is 294 g/mol. The number of hydrogen-bond acceptors (Lipinski definition) is 2. The summed E-state index contributed by atoms with van der Waals surface area (Å²) in [6.07, 6.45) is 7.73. The molecule has 1 unspecified atom stereocenters. The van der Waals surface area contributed by atoms with Gasteiger partial charge in [0.05, 0.1) is 6.54 Å². The SMILES string of the molecule is CCCCCC(C)(C)CN1CC(=O)N2CCCCC2C1=O. The van der Waals surface area contributed by atoms with Crippen molar-refractivity contribution in [3.8, 4) is 0 Å². The fourth-order valence-corrected chi connectivity index (χ4v) is 3.61. The Balaban J connectivity index is 1.96. The van der Waals surface area contributed by atoms with Crippen LogP contribution in [0.15, 0.2) is 0 Å². The van der Waals surface area contributed by atoms with E-state index in [2.05, 4.69) is 20.8 Å². The molecule has 0 saturated carbocycles. The van der Waals surface area contributed by atoms with E-state index in [0.29, 0.717) is 6.54 Å². The highest BCUT2D eigenvalue weighted by Crippen LogP contribution is 2.29. The summed E-state index contributed by atoms with van der Waals surface area (Å²) in [5.74, 6) is 0.321. The summed E-state index contributed by atoms with van der Waals surface area (Å²) in [4.78, 5) is 28.5. The number of piperazine rings is 1. The molecule has 2 aliphatic rings. The highest BCUT2D eigenvalue weighted by atomic mass is 16.2. The van der Waals surface area contributed by atoms with E-state index in [0.717, 1.165) is 32.2 Å². The standard InChI is InChI=1S/C17H30N2O2/c1-4-5-7-10-17(2,3)13-18-12-15(20)19-11-8-6-9-14(19)16(18)21/h14H,4-13H2,1-3H3. The molecule has 0 spiro atoms. The summed E-state index contributed by atoms with van der Waals surface area (Å²) < 4.78 is 0. The molecule has 21 heavy (non-hydrogen) atoms. The molecule has 0 N–H and O–H groups in total. The first-order chi connectivity index (χ1) is 9.94. The lowest BCUT2D eigenvalue weighted by Crippen LogP contribution is -2.62. The molecule has 120 valence electrons. The molecule has 0 aromatic heterocycles. The van der Waals surface area contributed by atoms with Crippen molar-refractivity contribution in [2.75, 3.05) is 19.6 Å². The third-order valence-corrected chi connectivity index (χ3v) is 4.82. The zero-order valence-electron chi connectivity index (χ0n) is 13.9. The maximum Gasteiger partial charge on any atom is 0.245 e. The minimum Gasteiger partial charge on any atom is -0.331 e. The van der Waals surface area contributed by atoms with Gasteiger partial charge in [-0.05, 0) is 31.1 Å². The minimum absolute atomic E-state index is 0.0992. The molecule has 0 aromatic rings. The zero-order valence-corrected chi connectivity index (χ0v) is 13.9. The number of amides is 2. The van der Waals surface area contributed by atoms with Crippen molar-refractivity contribution < 1.29 is 9.59 Å². The van der Waals surface area contributed by atoms with E-state index in [-0.39, 0.29) is 29.8 Å². The summed E-state index contributed by atoms with van der Waals surface area (Å²) in [6.45, 7) is 8.40. The molecule has 2 fully saturated rings. The van der Waals surface area contributed by atoms with Crippen LogP contribution in [0, 0.1) is 5.41 Å². The number of carbonyl (C=O) groups is 2. The van der Waals surface area contributed by atoms with Gasteiger partial charge in [-0.25, -0.2) is 0 Å². The first kappa shape index (κ1) is 16.3. The van der Waals surface area contributed by atoms with Crippen LogP contribution in [0.2, 0.25) is 0 Å². The maximum atomic E-state index is 12.6. The molecule has 1 atom stereocenters. The third kappa shape index (κ3) is 3.98. The van der Waals surface area contributed by atoms with Crippen LogP contribution in [0.5, 0.6) is 0 Å². The summed E-state index contributed by atoms with van der Waals surface area (Å²) in [6, 6.07) is -0.175. The molecule has 4 heteroatoms. The van der Waals surface area contributed by atoms with Crippen LogP contribution in [0.1, 0.15) is 65.7 Å². The second-order valence-corrected chi connectivity index (χ2v) is 7.41. The topological polar surface area (TPSA) is 40.6 Å². The van der Waals surface area contributed by atoms with E-state index >= 15 is 0 Å². The molecular formula is C17H30N2O2. The number of nitrogens with zero attached hydrogens (tertiary/aromatic N) is 2. The lowest BCUT2D eigenvalue weighted by Gasteiger charge is -2.44. The molecule has 2 aliphatic heterocycles. The highest BCUT2D eigenvalue weighted by Gasteiger charge is 2.41. The lowest BCUT2D eigenvalue weighted by molar-refractivity contribution is -0.159. The summed E-state index contributed by atoms with van der Waals surface area (Å²) in [5, 5.41) is 0. The van der Waals surface area contributed by atoms with Gasteiger partial charge in [0, 0.05) is 13.1 Å². The Morgan fingerprint density at radius 3 is 2.67 bits per heavy atom. The second kappa shape index (κ2) is 6.80. The summed E-state index contributed by atoms with van der Waals surface area (Å²) in [5.41, 5.74) is 0.0992. The number of hydrogen-bond donors (Lipinski definition) is 0. The molecule has 0 aromatic carbocycles. The van der Waals surface area contributed by atoms with Gasteiger partial charge >= 0.3 is 0 Å². The van der Waals surface area contributed by atoms with Gasteiger partial charge in [0.2, 0.25) is 11.8 Å². The summed E-state index contributed by atoms with van der Waals surface area (Å²) >= 11 is 0. The van der Waals surface area contributed by atoms with Gasteiger partial charge in [-0.2, -0.15) is 0 Å². The van der Waals surface area contributed by atoms with Crippen LogP contribution >= 0.6 is 0 Å². The van der Waals surface area contributed by atoms with Gasteiger partial charge in [0.1, 0.15) is 6.04 Å². The zero-order chi connectivity index (χ0) is 15.5. The molecule has 0 bridgehead atoms. The van der Waals surface area contributed by atoms with Crippen molar-refractivity contribution in [2.45, 2.75) is 71.8 Å². The number of fused-ring (bicyclic) bond motifs is 1.